The van der Waals surface area contributed by atoms with Crippen LogP contribution in [-0.2, 0) is 34.2 Å². The number of benzene rings is 2. The smallest absolute Gasteiger partial charge is 0.455 e. The van der Waals surface area contributed by atoms with E-state index in [4.69, 9.17) is 4.42 Å². The number of alkyl halides is 3. The Morgan fingerprint density at radius 3 is 2.60 bits per heavy atom. The van der Waals surface area contributed by atoms with Gasteiger partial charge in [0.05, 0.1) is 22.1 Å². The molecule has 0 aliphatic carbocycles. The first-order valence-electron chi connectivity index (χ1n) is 13.9. The lowest BCUT2D eigenvalue weighted by atomic mass is 10.1. The number of amides is 1. The highest BCUT2D eigenvalue weighted by Crippen LogP contribution is 2.42. The van der Waals surface area contributed by atoms with Crippen LogP contribution in [0.15, 0.2) is 80.6 Å². The Bertz CT molecular complexity index is 1980. The highest BCUT2D eigenvalue weighted by Gasteiger charge is 2.46. The van der Waals surface area contributed by atoms with Gasteiger partial charge >= 0.3 is 15.5 Å². The molecule has 2 N–H and O–H groups in total. The number of carbonyl (C=O) groups is 1. The molecule has 8 nitrogen and oxygen atoms in total. The zero-order chi connectivity index (χ0) is 32.4. The zero-order valence-corrected chi connectivity index (χ0v) is 27.3. The average molecular weight is 722 g/mol. The Labute approximate surface area is 270 Å². The normalized spacial score (nSPS) is 12.5. The summed E-state index contributed by atoms with van der Waals surface area (Å²) in [5.41, 5.74) is -2.92. The van der Waals surface area contributed by atoms with E-state index in [9.17, 15) is 26.4 Å². The molecule has 0 bridgehead atoms. The van der Waals surface area contributed by atoms with E-state index in [2.05, 4.69) is 26.2 Å². The minimum atomic E-state index is -5.65. The molecule has 0 saturated heterocycles. The summed E-state index contributed by atoms with van der Waals surface area (Å²) in [6, 6.07) is 15.1. The lowest BCUT2D eigenvalue weighted by molar-refractivity contribution is -0.117. The molecule has 3 heterocycles. The van der Waals surface area contributed by atoms with Crippen molar-refractivity contribution in [2.24, 2.45) is 0 Å². The van der Waals surface area contributed by atoms with Crippen LogP contribution in [-0.4, -0.2) is 35.9 Å². The number of aryl methyl sites for hydroxylation is 1. The minimum absolute atomic E-state index is 0.133. The lowest BCUT2D eigenvalue weighted by Gasteiger charge is -2.13. The molecule has 0 saturated carbocycles. The molecule has 0 spiro atoms. The molecule has 5 aromatic rings. The number of likely N-dealkylation sites (N-methyl/N-ethyl adjacent to an activating group) is 1. The number of hydrogen-bond acceptors (Lipinski definition) is 6. The van der Waals surface area contributed by atoms with Crippen LogP contribution < -0.4 is 10.0 Å². The molecular formula is C31H28BrF3N4O4S2. The van der Waals surface area contributed by atoms with E-state index in [1.807, 2.05) is 54.1 Å². The van der Waals surface area contributed by atoms with Gasteiger partial charge in [-0.15, -0.1) is 11.3 Å². The van der Waals surface area contributed by atoms with Crippen LogP contribution in [0.1, 0.15) is 35.8 Å². The average Bonchev–Trinajstić information content (AvgIpc) is 3.72. The number of furan rings is 1. The number of halogens is 4. The second kappa shape index (κ2) is 13.2. The van der Waals surface area contributed by atoms with Gasteiger partial charge in [0.1, 0.15) is 11.4 Å². The summed E-state index contributed by atoms with van der Waals surface area (Å²) in [5, 5.41) is 5.51. The van der Waals surface area contributed by atoms with Crippen molar-refractivity contribution in [3.05, 3.63) is 98.2 Å². The molecule has 45 heavy (non-hydrogen) atoms. The summed E-state index contributed by atoms with van der Waals surface area (Å²) in [4.78, 5) is 18.6. The molecule has 2 aromatic carbocycles. The number of hydrogen-bond donors (Lipinski definition) is 2. The van der Waals surface area contributed by atoms with E-state index in [1.165, 1.54) is 18.2 Å². The number of sulfonamides is 1. The van der Waals surface area contributed by atoms with Gasteiger partial charge in [-0.25, -0.2) is 4.98 Å². The van der Waals surface area contributed by atoms with Gasteiger partial charge < -0.3 is 14.3 Å². The maximum Gasteiger partial charge on any atom is 0.516 e. The summed E-state index contributed by atoms with van der Waals surface area (Å²) >= 11 is 5.10. The van der Waals surface area contributed by atoms with Crippen molar-refractivity contribution in [3.8, 4) is 11.3 Å². The van der Waals surface area contributed by atoms with E-state index in [1.54, 1.807) is 34.4 Å². The van der Waals surface area contributed by atoms with Crippen LogP contribution in [0.2, 0.25) is 0 Å². The van der Waals surface area contributed by atoms with Crippen molar-refractivity contribution in [1.29, 1.82) is 0 Å². The van der Waals surface area contributed by atoms with E-state index in [0.29, 0.717) is 46.9 Å². The van der Waals surface area contributed by atoms with Crippen molar-refractivity contribution in [2.75, 3.05) is 11.3 Å². The van der Waals surface area contributed by atoms with E-state index in [-0.39, 0.29) is 22.9 Å². The number of carbonyl (C=O) groups excluding carboxylic acids is 1. The Hall–Kier alpha value is -3.88. The highest BCUT2D eigenvalue weighted by atomic mass is 79.9. The summed E-state index contributed by atoms with van der Waals surface area (Å²) in [6.45, 7) is 4.78. The first kappa shape index (κ1) is 32.5. The number of fused-ring (bicyclic) bond motifs is 1. The summed E-state index contributed by atoms with van der Waals surface area (Å²) in [7, 11) is -5.65. The van der Waals surface area contributed by atoms with Gasteiger partial charge in [-0.2, -0.15) is 21.6 Å². The molecule has 3 aromatic heterocycles. The van der Waals surface area contributed by atoms with Gasteiger partial charge in [-0.05, 0) is 70.2 Å². The first-order valence-corrected chi connectivity index (χ1v) is 17.0. The number of para-hydroxylation sites is 1. The standard InChI is InChI=1S/C31H28BrF3N4O4S2/c1-3-27-37-17-21(15-20(30(40)36-4-2)16-22-8-7-13-44-22)39(27)18-19-11-12-26-24(14-19)28(32)29(43-26)23-9-5-6-10-25(23)38-45(41,42)31(33,34)35/h5-15,17,38H,3-4,16,18H2,1-2H3,(H,36,40)/b20-15+. The SMILES string of the molecule is CCNC(=O)/C(=C/c1cnc(CC)n1Cc1ccc2oc(-c3ccccc3NS(=O)(=O)C(F)(F)F)c(Br)c2c1)Cc1cccs1. The third-order valence-electron chi connectivity index (χ3n) is 6.93. The molecule has 5 rings (SSSR count). The Morgan fingerprint density at radius 2 is 1.91 bits per heavy atom. The Balaban J connectivity index is 1.51. The molecule has 0 radical (unpaired) electrons. The Kier molecular flexibility index (Phi) is 9.56. The van der Waals surface area contributed by atoms with Crippen LogP contribution in [0.4, 0.5) is 18.9 Å². The van der Waals surface area contributed by atoms with Gasteiger partial charge in [0.2, 0.25) is 5.91 Å². The second-order valence-electron chi connectivity index (χ2n) is 10.00. The molecule has 14 heteroatoms. The van der Waals surface area contributed by atoms with Gasteiger partial charge in [0, 0.05) is 47.3 Å². The van der Waals surface area contributed by atoms with E-state index >= 15 is 0 Å². The fourth-order valence-electron chi connectivity index (χ4n) is 4.80. The molecule has 0 unspecified atom stereocenters. The first-order chi connectivity index (χ1) is 21.4. The lowest BCUT2D eigenvalue weighted by Crippen LogP contribution is -2.30. The monoisotopic (exact) mass is 720 g/mol. The van der Waals surface area contributed by atoms with Crippen molar-refractivity contribution in [2.45, 2.75) is 38.7 Å². The summed E-state index contributed by atoms with van der Waals surface area (Å²) in [6.07, 6.45) is 4.74. The minimum Gasteiger partial charge on any atom is -0.455 e. The Morgan fingerprint density at radius 1 is 1.13 bits per heavy atom. The molecule has 0 fully saturated rings. The fourth-order valence-corrected chi connectivity index (χ4v) is 6.72. The predicted molar refractivity (Wildman–Crippen MR) is 173 cm³/mol. The fraction of sp³-hybridized carbons (Fsp3) is 0.226. The van der Waals surface area contributed by atoms with Crippen molar-refractivity contribution < 1.29 is 30.8 Å². The van der Waals surface area contributed by atoms with Crippen LogP contribution in [0.3, 0.4) is 0 Å². The van der Waals surface area contributed by atoms with Crippen LogP contribution in [0.25, 0.3) is 28.4 Å². The van der Waals surface area contributed by atoms with E-state index in [0.717, 1.165) is 22.0 Å². The maximum atomic E-state index is 13.1. The van der Waals surface area contributed by atoms with Crippen molar-refractivity contribution in [1.82, 2.24) is 14.9 Å². The summed E-state index contributed by atoms with van der Waals surface area (Å²) in [5.74, 6) is 0.847. The zero-order valence-electron chi connectivity index (χ0n) is 24.1. The number of nitrogens with zero attached hydrogens (tertiary/aromatic N) is 2. The highest BCUT2D eigenvalue weighted by molar-refractivity contribution is 9.10. The third-order valence-corrected chi connectivity index (χ3v) is 9.70. The van der Waals surface area contributed by atoms with Gasteiger partial charge in [0.25, 0.3) is 0 Å². The van der Waals surface area contributed by atoms with Gasteiger partial charge in [-0.3, -0.25) is 9.52 Å². The second-order valence-corrected chi connectivity index (χ2v) is 13.5. The predicted octanol–water partition coefficient (Wildman–Crippen LogP) is 7.75. The molecule has 0 atom stereocenters. The molecular weight excluding hydrogens is 693 g/mol. The van der Waals surface area contributed by atoms with Crippen LogP contribution in [0.5, 0.6) is 0 Å². The third kappa shape index (κ3) is 7.02. The number of nitrogens with one attached hydrogen (secondary N) is 2. The van der Waals surface area contributed by atoms with Crippen LogP contribution in [0, 0.1) is 0 Å². The summed E-state index contributed by atoms with van der Waals surface area (Å²) < 4.78 is 73.1. The van der Waals surface area contributed by atoms with Crippen LogP contribution >= 0.6 is 27.3 Å². The molecule has 0 aliphatic heterocycles. The van der Waals surface area contributed by atoms with Gasteiger partial charge in [0.15, 0.2) is 5.76 Å². The molecule has 1 amide bonds. The topological polar surface area (TPSA) is 106 Å². The number of imidazole rings is 1. The number of aromatic nitrogens is 2. The number of thiophene rings is 1. The maximum absolute atomic E-state index is 13.1. The number of rotatable bonds is 11. The van der Waals surface area contributed by atoms with Crippen molar-refractivity contribution >= 4 is 65.9 Å². The van der Waals surface area contributed by atoms with Gasteiger partial charge in [-0.1, -0.05) is 31.2 Å². The molecule has 236 valence electrons. The molecule has 0 aliphatic rings. The quantitative estimate of drug-likeness (QED) is 0.136. The number of anilines is 1. The van der Waals surface area contributed by atoms with E-state index < -0.39 is 15.5 Å². The van der Waals surface area contributed by atoms with Crippen molar-refractivity contribution in [3.63, 3.8) is 0 Å². The largest absolute Gasteiger partial charge is 0.516 e.